The Labute approximate surface area is 190 Å². The van der Waals surface area contributed by atoms with Gasteiger partial charge in [-0.1, -0.05) is 78.2 Å². The Bertz CT molecular complexity index is 692. The Hall–Kier alpha value is -0.710. The summed E-state index contributed by atoms with van der Waals surface area (Å²) in [5, 5.41) is 2.12. The van der Waals surface area contributed by atoms with Crippen molar-refractivity contribution >= 4 is 27.3 Å². The molecule has 0 radical (unpaired) electrons. The van der Waals surface area contributed by atoms with Gasteiger partial charge >= 0.3 is 0 Å². The number of aromatic nitrogens is 1. The summed E-state index contributed by atoms with van der Waals surface area (Å²) >= 11 is 5.19. The molecular formula is C25H38BrNOS. The highest BCUT2D eigenvalue weighted by Gasteiger charge is 2.09. The monoisotopic (exact) mass is 479 g/mol. The third-order valence-corrected chi connectivity index (χ3v) is 6.59. The molecule has 0 saturated heterocycles. The largest absolute Gasteiger partial charge is 0.377 e. The van der Waals surface area contributed by atoms with Gasteiger partial charge in [0.25, 0.3) is 0 Å². The lowest BCUT2D eigenvalue weighted by Gasteiger charge is -2.17. The van der Waals surface area contributed by atoms with E-state index >= 15 is 0 Å². The summed E-state index contributed by atoms with van der Waals surface area (Å²) in [5.74, 6) is 0. The molecule has 0 aliphatic carbocycles. The summed E-state index contributed by atoms with van der Waals surface area (Å²) in [6.07, 6.45) is 13.6. The highest BCUT2D eigenvalue weighted by atomic mass is 79.9. The van der Waals surface area contributed by atoms with Crippen LogP contribution < -0.4 is 0 Å². The van der Waals surface area contributed by atoms with Crippen LogP contribution in [0.15, 0.2) is 34.2 Å². The van der Waals surface area contributed by atoms with Crippen molar-refractivity contribution in [2.75, 3.05) is 6.61 Å². The van der Waals surface area contributed by atoms with Crippen molar-refractivity contribution in [3.05, 3.63) is 39.8 Å². The van der Waals surface area contributed by atoms with Crippen molar-refractivity contribution in [2.45, 2.75) is 91.6 Å². The summed E-state index contributed by atoms with van der Waals surface area (Å²) in [4.78, 5) is 5.78. The van der Waals surface area contributed by atoms with E-state index in [0.717, 1.165) is 16.9 Å². The van der Waals surface area contributed by atoms with Crippen LogP contribution in [0, 0.1) is 5.41 Å². The molecule has 2 rings (SSSR count). The number of hydrogen-bond acceptors (Lipinski definition) is 3. The molecule has 29 heavy (non-hydrogen) atoms. The normalized spacial score (nSPS) is 11.9. The lowest BCUT2D eigenvalue weighted by molar-refractivity contribution is 0.117. The fourth-order valence-corrected chi connectivity index (χ4v) is 4.71. The molecule has 162 valence electrons. The minimum atomic E-state index is 0.503. The first kappa shape index (κ1) is 24.6. The zero-order valence-corrected chi connectivity index (χ0v) is 20.9. The number of halogens is 1. The maximum atomic E-state index is 5.94. The molecule has 0 amide bonds. The van der Waals surface area contributed by atoms with Crippen LogP contribution >= 0.6 is 27.3 Å². The minimum Gasteiger partial charge on any atom is -0.377 e. The van der Waals surface area contributed by atoms with Crippen molar-refractivity contribution in [3.63, 3.8) is 0 Å². The first-order valence-corrected chi connectivity index (χ1v) is 12.9. The highest BCUT2D eigenvalue weighted by Crippen LogP contribution is 2.29. The molecule has 0 bridgehead atoms. The molecule has 4 heteroatoms. The summed E-state index contributed by atoms with van der Waals surface area (Å²) < 4.78 is 6.81. The predicted molar refractivity (Wildman–Crippen MR) is 131 cm³/mol. The van der Waals surface area contributed by atoms with E-state index in [0.29, 0.717) is 12.0 Å². The summed E-state index contributed by atoms with van der Waals surface area (Å²) in [5.41, 5.74) is 2.77. The molecular weight excluding hydrogens is 442 g/mol. The van der Waals surface area contributed by atoms with Gasteiger partial charge in [-0.15, -0.1) is 11.3 Å². The molecule has 0 N–H and O–H groups in total. The molecule has 0 aliphatic rings. The van der Waals surface area contributed by atoms with Crippen molar-refractivity contribution in [1.82, 2.24) is 4.98 Å². The molecule has 0 unspecified atom stereocenters. The van der Waals surface area contributed by atoms with E-state index in [-0.39, 0.29) is 0 Å². The summed E-state index contributed by atoms with van der Waals surface area (Å²) in [6, 6.07) is 8.21. The van der Waals surface area contributed by atoms with Crippen molar-refractivity contribution in [3.8, 4) is 10.6 Å². The SMILES string of the molecule is CC(C)(C)CCCCCCCCCCCOCc1ccsc1-c1cccc(Br)n1. The number of thiophene rings is 1. The second-order valence-corrected chi connectivity index (χ2v) is 10.9. The van der Waals surface area contributed by atoms with E-state index in [1.807, 2.05) is 12.1 Å². The molecule has 0 fully saturated rings. The Morgan fingerprint density at radius 1 is 0.897 bits per heavy atom. The van der Waals surface area contributed by atoms with Gasteiger partial charge in [0.2, 0.25) is 0 Å². The van der Waals surface area contributed by atoms with Gasteiger partial charge < -0.3 is 4.74 Å². The average molecular weight is 481 g/mol. The van der Waals surface area contributed by atoms with Crippen LogP contribution in [-0.2, 0) is 11.3 Å². The molecule has 0 aromatic carbocycles. The Morgan fingerprint density at radius 3 is 2.21 bits per heavy atom. The number of nitrogens with zero attached hydrogens (tertiary/aromatic N) is 1. The first-order valence-electron chi connectivity index (χ1n) is 11.2. The van der Waals surface area contributed by atoms with Crippen LogP contribution in [0.2, 0.25) is 0 Å². The Balaban J connectivity index is 1.47. The lowest BCUT2D eigenvalue weighted by Crippen LogP contribution is -2.03. The van der Waals surface area contributed by atoms with Gasteiger partial charge in [0.1, 0.15) is 4.60 Å². The second-order valence-electron chi connectivity index (χ2n) is 9.17. The van der Waals surface area contributed by atoms with E-state index in [1.54, 1.807) is 11.3 Å². The average Bonchev–Trinajstić information content (AvgIpc) is 3.13. The van der Waals surface area contributed by atoms with Crippen LogP contribution in [-0.4, -0.2) is 11.6 Å². The molecule has 0 aliphatic heterocycles. The molecule has 2 nitrogen and oxygen atoms in total. The van der Waals surface area contributed by atoms with Gasteiger partial charge in [0.15, 0.2) is 0 Å². The quantitative estimate of drug-likeness (QED) is 0.199. The van der Waals surface area contributed by atoms with Gasteiger partial charge in [0, 0.05) is 6.61 Å². The number of pyridine rings is 1. The maximum absolute atomic E-state index is 5.94. The molecule has 2 aromatic rings. The van der Waals surface area contributed by atoms with Gasteiger partial charge in [0.05, 0.1) is 17.2 Å². The number of ether oxygens (including phenoxy) is 1. The standard InChI is InChI=1S/C25H38BrNOS/c1-25(2,3)17-11-9-7-5-4-6-8-10-12-18-28-20-21-16-19-29-24(21)22-14-13-15-23(26)27-22/h13-16,19H,4-12,17-18,20H2,1-3H3. The van der Waals surface area contributed by atoms with Crippen LogP contribution in [0.25, 0.3) is 10.6 Å². The predicted octanol–water partition coefficient (Wildman–Crippen LogP) is 9.04. The number of hydrogen-bond donors (Lipinski definition) is 0. The zero-order valence-electron chi connectivity index (χ0n) is 18.5. The van der Waals surface area contributed by atoms with Crippen molar-refractivity contribution in [1.29, 1.82) is 0 Å². The van der Waals surface area contributed by atoms with Crippen molar-refractivity contribution < 1.29 is 4.74 Å². The van der Waals surface area contributed by atoms with E-state index in [9.17, 15) is 0 Å². The van der Waals surface area contributed by atoms with Crippen molar-refractivity contribution in [2.24, 2.45) is 5.41 Å². The first-order chi connectivity index (χ1) is 14.0. The molecule has 2 heterocycles. The summed E-state index contributed by atoms with van der Waals surface area (Å²) in [6.45, 7) is 8.57. The van der Waals surface area contributed by atoms with Crippen LogP contribution in [0.1, 0.15) is 90.5 Å². The third kappa shape index (κ3) is 10.8. The minimum absolute atomic E-state index is 0.503. The Kier molecular flexibility index (Phi) is 11.5. The van der Waals surface area contributed by atoms with E-state index < -0.39 is 0 Å². The summed E-state index contributed by atoms with van der Waals surface area (Å²) in [7, 11) is 0. The fraction of sp³-hybridized carbons (Fsp3) is 0.640. The third-order valence-electron chi connectivity index (χ3n) is 5.17. The fourth-order valence-electron chi connectivity index (χ4n) is 3.49. The molecule has 0 spiro atoms. The van der Waals surface area contributed by atoms with Gasteiger partial charge in [-0.25, -0.2) is 4.98 Å². The maximum Gasteiger partial charge on any atom is 0.106 e. The van der Waals surface area contributed by atoms with Gasteiger partial charge in [-0.2, -0.15) is 0 Å². The van der Waals surface area contributed by atoms with Gasteiger partial charge in [-0.3, -0.25) is 0 Å². The number of rotatable bonds is 14. The van der Waals surface area contributed by atoms with Crippen LogP contribution in [0.4, 0.5) is 0 Å². The Morgan fingerprint density at radius 2 is 1.55 bits per heavy atom. The van der Waals surface area contributed by atoms with Gasteiger partial charge in [-0.05, 0) is 63.3 Å². The molecule has 0 atom stereocenters. The van der Waals surface area contributed by atoms with E-state index in [1.165, 1.54) is 74.6 Å². The van der Waals surface area contributed by atoms with Crippen LogP contribution in [0.5, 0.6) is 0 Å². The highest BCUT2D eigenvalue weighted by molar-refractivity contribution is 9.10. The lowest BCUT2D eigenvalue weighted by atomic mass is 9.89. The second kappa shape index (κ2) is 13.6. The molecule has 0 saturated carbocycles. The topological polar surface area (TPSA) is 22.1 Å². The smallest absolute Gasteiger partial charge is 0.106 e. The van der Waals surface area contributed by atoms with E-state index in [2.05, 4.69) is 59.2 Å². The molecule has 2 aromatic heterocycles. The number of unbranched alkanes of at least 4 members (excludes halogenated alkanes) is 8. The van der Waals surface area contributed by atoms with Crippen LogP contribution in [0.3, 0.4) is 0 Å². The van der Waals surface area contributed by atoms with E-state index in [4.69, 9.17) is 4.74 Å². The zero-order chi connectivity index (χ0) is 21.0.